The molecule has 0 saturated carbocycles. The number of aromatic amines is 1. The Balaban J connectivity index is 1.89. The van der Waals surface area contributed by atoms with Gasteiger partial charge in [-0.25, -0.2) is 4.79 Å². The minimum absolute atomic E-state index is 0.216. The van der Waals surface area contributed by atoms with Gasteiger partial charge in [-0.1, -0.05) is 12.1 Å². The average molecular weight is 330 g/mol. The average Bonchev–Trinajstić information content (AvgIpc) is 2.56. The maximum absolute atomic E-state index is 12.2. The molecule has 0 saturated heterocycles. The van der Waals surface area contributed by atoms with Gasteiger partial charge in [-0.2, -0.15) is 0 Å². The molecule has 2 aromatic rings. The number of benzene rings is 1. The normalized spacial score (nSPS) is 14.5. The molecule has 0 radical (unpaired) electrons. The molecule has 0 atom stereocenters. The van der Waals surface area contributed by atoms with Crippen LogP contribution in [0.5, 0.6) is 5.75 Å². The van der Waals surface area contributed by atoms with E-state index in [-0.39, 0.29) is 11.3 Å². The molecule has 2 heterocycles. The van der Waals surface area contributed by atoms with E-state index in [0.29, 0.717) is 43.6 Å². The third kappa shape index (κ3) is 3.21. The molecule has 0 unspecified atom stereocenters. The number of aromatic hydroxyl groups is 1. The van der Waals surface area contributed by atoms with Crippen LogP contribution in [0, 0.1) is 0 Å². The Bertz CT molecular complexity index is 836. The third-order valence-electron chi connectivity index (χ3n) is 4.40. The molecule has 1 aliphatic heterocycles. The maximum Gasteiger partial charge on any atom is 0.329 e. The molecular weight excluding hydrogens is 308 g/mol. The first-order chi connectivity index (χ1) is 11.5. The number of aryl methyl sites for hydroxylation is 1. The van der Waals surface area contributed by atoms with Gasteiger partial charge in [0, 0.05) is 19.1 Å². The molecule has 0 fully saturated rings. The number of fused-ring (bicyclic) bond motifs is 1. The summed E-state index contributed by atoms with van der Waals surface area (Å²) in [5, 5.41) is 12.6. The standard InChI is InChI=1S/C17H22N4O3/c1-11(2)20-9-14-15(18-10-20)21(17(24)19-16(14)23)8-7-12-3-5-13(22)6-4-12/h3-6,11,18,22H,7-10H2,1-2H3,(H,19,23,24). The van der Waals surface area contributed by atoms with Crippen molar-refractivity contribution in [1.82, 2.24) is 14.5 Å². The molecule has 1 aromatic heterocycles. The van der Waals surface area contributed by atoms with Crippen LogP contribution in [0.25, 0.3) is 0 Å². The lowest BCUT2D eigenvalue weighted by Crippen LogP contribution is -2.45. The Morgan fingerprint density at radius 1 is 1.21 bits per heavy atom. The molecule has 7 nitrogen and oxygen atoms in total. The van der Waals surface area contributed by atoms with Crippen molar-refractivity contribution in [3.05, 3.63) is 56.2 Å². The Morgan fingerprint density at radius 2 is 1.92 bits per heavy atom. The minimum Gasteiger partial charge on any atom is -0.508 e. The molecule has 7 heteroatoms. The largest absolute Gasteiger partial charge is 0.508 e. The minimum atomic E-state index is -0.400. The molecule has 0 spiro atoms. The molecule has 3 rings (SSSR count). The predicted molar refractivity (Wildman–Crippen MR) is 92.3 cm³/mol. The Labute approximate surface area is 139 Å². The zero-order valence-electron chi connectivity index (χ0n) is 13.9. The van der Waals surface area contributed by atoms with E-state index in [1.807, 2.05) is 12.1 Å². The van der Waals surface area contributed by atoms with Crippen LogP contribution in [-0.2, 0) is 19.5 Å². The second kappa shape index (κ2) is 6.52. The topological polar surface area (TPSA) is 90.4 Å². The van der Waals surface area contributed by atoms with Crippen LogP contribution in [0.2, 0.25) is 0 Å². The van der Waals surface area contributed by atoms with Crippen LogP contribution >= 0.6 is 0 Å². The van der Waals surface area contributed by atoms with E-state index in [2.05, 4.69) is 29.0 Å². The van der Waals surface area contributed by atoms with Crippen LogP contribution in [0.15, 0.2) is 33.9 Å². The quantitative estimate of drug-likeness (QED) is 0.780. The van der Waals surface area contributed by atoms with Crippen LogP contribution in [0.1, 0.15) is 25.0 Å². The zero-order chi connectivity index (χ0) is 17.3. The van der Waals surface area contributed by atoms with Gasteiger partial charge in [0.15, 0.2) is 0 Å². The summed E-state index contributed by atoms with van der Waals surface area (Å²) >= 11 is 0. The van der Waals surface area contributed by atoms with Gasteiger partial charge in [0.25, 0.3) is 5.56 Å². The monoisotopic (exact) mass is 330 g/mol. The molecule has 0 amide bonds. The van der Waals surface area contributed by atoms with Gasteiger partial charge in [-0.3, -0.25) is 19.2 Å². The number of H-pyrrole nitrogens is 1. The van der Waals surface area contributed by atoms with Crippen molar-refractivity contribution < 1.29 is 5.11 Å². The first kappa shape index (κ1) is 16.3. The third-order valence-corrected chi connectivity index (χ3v) is 4.40. The summed E-state index contributed by atoms with van der Waals surface area (Å²) < 4.78 is 1.58. The highest BCUT2D eigenvalue weighted by Gasteiger charge is 2.23. The summed E-state index contributed by atoms with van der Waals surface area (Å²) in [5.74, 6) is 0.826. The van der Waals surface area contributed by atoms with Crippen LogP contribution in [-0.4, -0.2) is 32.3 Å². The lowest BCUT2D eigenvalue weighted by atomic mass is 10.1. The Hall–Kier alpha value is -2.54. The molecule has 0 bridgehead atoms. The molecule has 128 valence electrons. The second-order valence-electron chi connectivity index (χ2n) is 6.33. The molecule has 0 aliphatic carbocycles. The Morgan fingerprint density at radius 3 is 2.58 bits per heavy atom. The molecular formula is C17H22N4O3. The number of nitrogens with zero attached hydrogens (tertiary/aromatic N) is 2. The summed E-state index contributed by atoms with van der Waals surface area (Å²) in [6.07, 6.45) is 0.633. The first-order valence-electron chi connectivity index (χ1n) is 8.07. The number of anilines is 1. The van der Waals surface area contributed by atoms with Gasteiger partial charge in [0.2, 0.25) is 0 Å². The fourth-order valence-corrected chi connectivity index (χ4v) is 2.88. The summed E-state index contributed by atoms with van der Waals surface area (Å²) in [7, 11) is 0. The van der Waals surface area contributed by atoms with Crippen molar-refractivity contribution in [1.29, 1.82) is 0 Å². The fourth-order valence-electron chi connectivity index (χ4n) is 2.88. The van der Waals surface area contributed by atoms with Gasteiger partial charge < -0.3 is 10.4 Å². The van der Waals surface area contributed by atoms with Crippen LogP contribution < -0.4 is 16.6 Å². The Kier molecular flexibility index (Phi) is 4.44. The lowest BCUT2D eigenvalue weighted by Gasteiger charge is -2.33. The number of rotatable bonds is 4. The second-order valence-corrected chi connectivity index (χ2v) is 6.33. The van der Waals surface area contributed by atoms with Crippen molar-refractivity contribution in [2.75, 3.05) is 12.0 Å². The number of phenols is 1. The molecule has 3 N–H and O–H groups in total. The lowest BCUT2D eigenvalue weighted by molar-refractivity contribution is 0.218. The van der Waals surface area contributed by atoms with Crippen molar-refractivity contribution in [2.24, 2.45) is 0 Å². The van der Waals surface area contributed by atoms with Crippen LogP contribution in [0.4, 0.5) is 5.82 Å². The zero-order valence-corrected chi connectivity index (χ0v) is 13.9. The summed E-state index contributed by atoms with van der Waals surface area (Å²) in [6, 6.07) is 7.21. The number of hydrogen-bond acceptors (Lipinski definition) is 5. The number of phenolic OH excluding ortho intramolecular Hbond substituents is 1. The van der Waals surface area contributed by atoms with Crippen molar-refractivity contribution in [2.45, 2.75) is 39.4 Å². The first-order valence-corrected chi connectivity index (χ1v) is 8.07. The van der Waals surface area contributed by atoms with E-state index in [4.69, 9.17) is 0 Å². The van der Waals surface area contributed by atoms with Gasteiger partial charge in [-0.05, 0) is 38.0 Å². The predicted octanol–water partition coefficient (Wildman–Crippen LogP) is 1.08. The van der Waals surface area contributed by atoms with E-state index >= 15 is 0 Å². The van der Waals surface area contributed by atoms with Crippen molar-refractivity contribution in [3.63, 3.8) is 0 Å². The van der Waals surface area contributed by atoms with E-state index in [1.165, 1.54) is 0 Å². The van der Waals surface area contributed by atoms with Gasteiger partial charge >= 0.3 is 5.69 Å². The highest BCUT2D eigenvalue weighted by Crippen LogP contribution is 2.19. The van der Waals surface area contributed by atoms with E-state index < -0.39 is 5.69 Å². The van der Waals surface area contributed by atoms with Crippen molar-refractivity contribution in [3.8, 4) is 5.75 Å². The van der Waals surface area contributed by atoms with E-state index in [0.717, 1.165) is 5.56 Å². The molecule has 1 aliphatic rings. The molecule has 1 aromatic carbocycles. The highest BCUT2D eigenvalue weighted by atomic mass is 16.3. The van der Waals surface area contributed by atoms with Crippen LogP contribution in [0.3, 0.4) is 0 Å². The number of aromatic nitrogens is 2. The SMILES string of the molecule is CC(C)N1CNc2c(c(=O)[nH]c(=O)n2CCc2ccc(O)cc2)C1. The number of nitrogens with one attached hydrogen (secondary N) is 2. The van der Waals surface area contributed by atoms with Gasteiger partial charge in [0.1, 0.15) is 11.6 Å². The highest BCUT2D eigenvalue weighted by molar-refractivity contribution is 5.45. The maximum atomic E-state index is 12.2. The van der Waals surface area contributed by atoms with Gasteiger partial charge in [0.05, 0.1) is 12.2 Å². The summed E-state index contributed by atoms with van der Waals surface area (Å²) in [4.78, 5) is 28.9. The summed E-state index contributed by atoms with van der Waals surface area (Å²) in [6.45, 7) is 5.72. The van der Waals surface area contributed by atoms with Crippen molar-refractivity contribution >= 4 is 5.82 Å². The van der Waals surface area contributed by atoms with E-state index in [9.17, 15) is 14.7 Å². The fraction of sp³-hybridized carbons (Fsp3) is 0.412. The summed E-state index contributed by atoms with van der Waals surface area (Å²) in [5.41, 5.74) is 0.885. The smallest absolute Gasteiger partial charge is 0.329 e. The number of hydrogen-bond donors (Lipinski definition) is 3. The van der Waals surface area contributed by atoms with E-state index in [1.54, 1.807) is 16.7 Å². The van der Waals surface area contributed by atoms with Gasteiger partial charge in [-0.15, -0.1) is 0 Å². The molecule has 24 heavy (non-hydrogen) atoms.